The Kier molecular flexibility index (Phi) is 4.17. The van der Waals surface area contributed by atoms with Crippen LogP contribution >= 0.6 is 0 Å². The van der Waals surface area contributed by atoms with Gasteiger partial charge in [0.2, 0.25) is 5.91 Å². The summed E-state index contributed by atoms with van der Waals surface area (Å²) in [4.78, 5) is 22.7. The number of amides is 1. The standard InChI is InChI=1S/C13H19NO3/c1-4-5-6-7-8-14-11(15)9-10(12(16)17)13(9,2)3/h1,9-10H,5-8H2,2-3H3,(H,14,15)(H,16,17)/t9-,10+/m1/s1. The Morgan fingerprint density at radius 3 is 2.47 bits per heavy atom. The molecule has 0 aromatic carbocycles. The van der Waals surface area contributed by atoms with Crippen LogP contribution in [-0.2, 0) is 9.59 Å². The van der Waals surface area contributed by atoms with Crippen LogP contribution in [0, 0.1) is 29.6 Å². The summed E-state index contributed by atoms with van der Waals surface area (Å²) in [5.74, 6) is 0.555. The van der Waals surface area contributed by atoms with E-state index in [0.29, 0.717) is 13.0 Å². The van der Waals surface area contributed by atoms with Crippen LogP contribution < -0.4 is 5.32 Å². The molecule has 2 N–H and O–H groups in total. The van der Waals surface area contributed by atoms with Crippen LogP contribution in [0.25, 0.3) is 0 Å². The molecule has 0 saturated heterocycles. The average molecular weight is 237 g/mol. The molecule has 4 nitrogen and oxygen atoms in total. The van der Waals surface area contributed by atoms with Gasteiger partial charge in [-0.3, -0.25) is 9.59 Å². The summed E-state index contributed by atoms with van der Waals surface area (Å²) in [6, 6.07) is 0. The number of carbonyl (C=O) groups excluding carboxylic acids is 1. The molecule has 0 bridgehead atoms. The van der Waals surface area contributed by atoms with Crippen molar-refractivity contribution in [2.45, 2.75) is 33.1 Å². The van der Waals surface area contributed by atoms with Crippen molar-refractivity contribution in [2.75, 3.05) is 6.54 Å². The summed E-state index contributed by atoms with van der Waals surface area (Å²) >= 11 is 0. The van der Waals surface area contributed by atoms with Crippen molar-refractivity contribution >= 4 is 11.9 Å². The van der Waals surface area contributed by atoms with Crippen LogP contribution in [0.15, 0.2) is 0 Å². The number of rotatable bonds is 6. The van der Waals surface area contributed by atoms with Crippen LogP contribution in [0.5, 0.6) is 0 Å². The lowest BCUT2D eigenvalue weighted by molar-refractivity contribution is -0.140. The molecule has 0 aliphatic heterocycles. The molecule has 0 heterocycles. The third kappa shape index (κ3) is 3.00. The Hall–Kier alpha value is -1.50. The van der Waals surface area contributed by atoms with E-state index >= 15 is 0 Å². The first-order chi connectivity index (χ1) is 7.92. The molecule has 2 atom stereocenters. The maximum Gasteiger partial charge on any atom is 0.307 e. The largest absolute Gasteiger partial charge is 0.481 e. The summed E-state index contributed by atoms with van der Waals surface area (Å²) < 4.78 is 0. The molecule has 1 saturated carbocycles. The SMILES string of the molecule is C#CCCCCNC(=O)[C@H]1[C@@H](C(=O)O)C1(C)C. The van der Waals surface area contributed by atoms with Crippen molar-refractivity contribution < 1.29 is 14.7 Å². The summed E-state index contributed by atoms with van der Waals surface area (Å²) in [6.45, 7) is 4.20. The van der Waals surface area contributed by atoms with Crippen molar-refractivity contribution in [1.82, 2.24) is 5.32 Å². The zero-order valence-electron chi connectivity index (χ0n) is 10.3. The molecule has 0 aromatic rings. The number of nitrogens with one attached hydrogen (secondary N) is 1. The van der Waals surface area contributed by atoms with Gasteiger partial charge in [-0.1, -0.05) is 13.8 Å². The lowest BCUT2D eigenvalue weighted by Crippen LogP contribution is -2.28. The van der Waals surface area contributed by atoms with Gasteiger partial charge in [-0.25, -0.2) is 0 Å². The molecule has 94 valence electrons. The number of carbonyl (C=O) groups is 2. The fraction of sp³-hybridized carbons (Fsp3) is 0.692. The number of hydrogen-bond acceptors (Lipinski definition) is 2. The molecule has 1 aliphatic carbocycles. The second-order valence-corrected chi connectivity index (χ2v) is 5.07. The van der Waals surface area contributed by atoms with Gasteiger partial charge in [-0.15, -0.1) is 12.3 Å². The number of terminal acetylenes is 1. The van der Waals surface area contributed by atoms with Crippen LogP contribution in [-0.4, -0.2) is 23.5 Å². The quantitative estimate of drug-likeness (QED) is 0.540. The van der Waals surface area contributed by atoms with E-state index in [1.54, 1.807) is 0 Å². The molecule has 0 aromatic heterocycles. The Morgan fingerprint density at radius 2 is 2.00 bits per heavy atom. The van der Waals surface area contributed by atoms with E-state index < -0.39 is 23.2 Å². The van der Waals surface area contributed by atoms with Crippen molar-refractivity contribution in [3.05, 3.63) is 0 Å². The van der Waals surface area contributed by atoms with Gasteiger partial charge in [0.1, 0.15) is 0 Å². The Balaban J connectivity index is 2.31. The van der Waals surface area contributed by atoms with Gasteiger partial charge in [0.25, 0.3) is 0 Å². The predicted octanol–water partition coefficient (Wildman–Crippen LogP) is 1.26. The first-order valence-corrected chi connectivity index (χ1v) is 5.87. The van der Waals surface area contributed by atoms with Gasteiger partial charge in [-0.2, -0.15) is 0 Å². The van der Waals surface area contributed by atoms with Crippen molar-refractivity contribution in [3.63, 3.8) is 0 Å². The van der Waals surface area contributed by atoms with Crippen molar-refractivity contribution in [2.24, 2.45) is 17.3 Å². The van der Waals surface area contributed by atoms with E-state index in [1.807, 2.05) is 13.8 Å². The highest BCUT2D eigenvalue weighted by Crippen LogP contribution is 2.58. The topological polar surface area (TPSA) is 66.4 Å². The Morgan fingerprint density at radius 1 is 1.35 bits per heavy atom. The molecule has 0 unspecified atom stereocenters. The van der Waals surface area contributed by atoms with Gasteiger partial charge < -0.3 is 10.4 Å². The molecular weight excluding hydrogens is 218 g/mol. The first-order valence-electron chi connectivity index (χ1n) is 5.87. The molecule has 4 heteroatoms. The van der Waals surface area contributed by atoms with E-state index in [2.05, 4.69) is 11.2 Å². The Labute approximate surface area is 102 Å². The number of carboxylic acid groups (broad SMARTS) is 1. The smallest absolute Gasteiger partial charge is 0.307 e. The second-order valence-electron chi connectivity index (χ2n) is 5.07. The molecule has 0 radical (unpaired) electrons. The molecule has 1 rings (SSSR count). The minimum Gasteiger partial charge on any atom is -0.481 e. The third-order valence-electron chi connectivity index (χ3n) is 3.42. The van der Waals surface area contributed by atoms with E-state index in [0.717, 1.165) is 12.8 Å². The van der Waals surface area contributed by atoms with Gasteiger partial charge in [0.15, 0.2) is 0 Å². The molecule has 1 amide bonds. The van der Waals surface area contributed by atoms with Gasteiger partial charge in [0.05, 0.1) is 11.8 Å². The molecule has 0 spiro atoms. The van der Waals surface area contributed by atoms with Crippen LogP contribution in [0.1, 0.15) is 33.1 Å². The number of hydrogen-bond donors (Lipinski definition) is 2. The Bertz CT molecular complexity index is 354. The average Bonchev–Trinajstić information content (AvgIpc) is 2.81. The summed E-state index contributed by atoms with van der Waals surface area (Å²) in [6.07, 6.45) is 7.54. The van der Waals surface area contributed by atoms with Crippen LogP contribution in [0.4, 0.5) is 0 Å². The van der Waals surface area contributed by atoms with Crippen LogP contribution in [0.2, 0.25) is 0 Å². The monoisotopic (exact) mass is 237 g/mol. The number of carboxylic acids is 1. The molecule has 17 heavy (non-hydrogen) atoms. The fourth-order valence-electron chi connectivity index (χ4n) is 2.26. The number of aliphatic carboxylic acids is 1. The lowest BCUT2D eigenvalue weighted by atomic mass is 10.1. The maximum atomic E-state index is 11.8. The minimum absolute atomic E-state index is 0.150. The van der Waals surface area contributed by atoms with Crippen molar-refractivity contribution in [3.8, 4) is 12.3 Å². The lowest BCUT2D eigenvalue weighted by Gasteiger charge is -2.05. The van der Waals surface area contributed by atoms with Crippen LogP contribution in [0.3, 0.4) is 0 Å². The van der Waals surface area contributed by atoms with Gasteiger partial charge in [0, 0.05) is 13.0 Å². The highest BCUT2D eigenvalue weighted by Gasteiger charge is 2.65. The summed E-state index contributed by atoms with van der Waals surface area (Å²) in [7, 11) is 0. The minimum atomic E-state index is -0.887. The van der Waals surface area contributed by atoms with E-state index in [1.165, 1.54) is 0 Å². The third-order valence-corrected chi connectivity index (χ3v) is 3.42. The maximum absolute atomic E-state index is 11.8. The van der Waals surface area contributed by atoms with Crippen molar-refractivity contribution in [1.29, 1.82) is 0 Å². The first kappa shape index (κ1) is 13.6. The highest BCUT2D eigenvalue weighted by atomic mass is 16.4. The molecular formula is C13H19NO3. The predicted molar refractivity (Wildman–Crippen MR) is 64.1 cm³/mol. The van der Waals surface area contributed by atoms with E-state index in [4.69, 9.17) is 11.5 Å². The normalized spacial score (nSPS) is 24.8. The zero-order valence-corrected chi connectivity index (χ0v) is 10.3. The fourth-order valence-corrected chi connectivity index (χ4v) is 2.26. The molecule has 1 fully saturated rings. The zero-order chi connectivity index (χ0) is 13.1. The second kappa shape index (κ2) is 5.22. The summed E-state index contributed by atoms with van der Waals surface area (Å²) in [5.41, 5.74) is -0.422. The molecule has 1 aliphatic rings. The highest BCUT2D eigenvalue weighted by molar-refractivity contribution is 5.91. The number of unbranched alkanes of at least 4 members (excludes halogenated alkanes) is 2. The van der Waals surface area contributed by atoms with Gasteiger partial charge in [-0.05, 0) is 18.3 Å². The summed E-state index contributed by atoms with van der Waals surface area (Å²) in [5, 5.41) is 11.7. The van der Waals surface area contributed by atoms with Gasteiger partial charge >= 0.3 is 5.97 Å². The van der Waals surface area contributed by atoms with E-state index in [9.17, 15) is 9.59 Å². The van der Waals surface area contributed by atoms with E-state index in [-0.39, 0.29) is 5.91 Å².